The van der Waals surface area contributed by atoms with Gasteiger partial charge in [0.05, 0.1) is 0 Å². The average Bonchev–Trinajstić information content (AvgIpc) is 2.73. The van der Waals surface area contributed by atoms with Gasteiger partial charge in [-0.3, -0.25) is 0 Å². The lowest BCUT2D eigenvalue weighted by Crippen LogP contribution is -2.43. The molecule has 1 aromatic heterocycles. The van der Waals surface area contributed by atoms with Crippen molar-refractivity contribution >= 4 is 23.4 Å². The number of ether oxygens (including phenoxy) is 1. The second-order valence-corrected chi connectivity index (χ2v) is 5.99. The molecule has 1 heterocycles. The van der Waals surface area contributed by atoms with Crippen LogP contribution in [0.25, 0.3) is 0 Å². The van der Waals surface area contributed by atoms with E-state index in [1.165, 1.54) is 0 Å². The summed E-state index contributed by atoms with van der Waals surface area (Å²) >= 11 is 1.56. The molecule has 2 N–H and O–H groups in total. The normalized spacial score (nSPS) is 12.8. The van der Waals surface area contributed by atoms with Crippen molar-refractivity contribution in [1.82, 2.24) is 5.32 Å². The summed E-state index contributed by atoms with van der Waals surface area (Å²) in [6.07, 6.45) is 0.243. The van der Waals surface area contributed by atoms with E-state index in [-0.39, 0.29) is 0 Å². The highest BCUT2D eigenvalue weighted by Crippen LogP contribution is 2.11. The van der Waals surface area contributed by atoms with Gasteiger partial charge in [0.15, 0.2) is 0 Å². The summed E-state index contributed by atoms with van der Waals surface area (Å²) in [5.74, 6) is -1.05. The predicted molar refractivity (Wildman–Crippen MR) is 73.4 cm³/mol. The topological polar surface area (TPSA) is 75.6 Å². The Hall–Kier alpha value is -1.56. The van der Waals surface area contributed by atoms with Crippen LogP contribution in [0.15, 0.2) is 16.8 Å². The molecule has 0 radical (unpaired) electrons. The molecule has 0 aromatic carbocycles. The Kier molecular flexibility index (Phi) is 5.35. The summed E-state index contributed by atoms with van der Waals surface area (Å²) in [5.41, 5.74) is 0.433. The molecule has 19 heavy (non-hydrogen) atoms. The highest BCUT2D eigenvalue weighted by Gasteiger charge is 2.23. The van der Waals surface area contributed by atoms with Gasteiger partial charge in [0.2, 0.25) is 0 Å². The largest absolute Gasteiger partial charge is 0.480 e. The predicted octanol–water partition coefficient (Wildman–Crippen LogP) is 2.66. The number of carbonyl (C=O) groups is 2. The number of alkyl carbamates (subject to hydrolysis) is 1. The zero-order valence-electron chi connectivity index (χ0n) is 11.3. The number of amides is 1. The van der Waals surface area contributed by atoms with Crippen molar-refractivity contribution < 1.29 is 19.4 Å². The molecule has 1 unspecified atom stereocenters. The van der Waals surface area contributed by atoms with Gasteiger partial charge in [-0.25, -0.2) is 9.59 Å². The number of hydrogen-bond acceptors (Lipinski definition) is 4. The summed E-state index contributed by atoms with van der Waals surface area (Å²) < 4.78 is 5.04. The van der Waals surface area contributed by atoms with Crippen LogP contribution in [0.5, 0.6) is 0 Å². The zero-order valence-corrected chi connectivity index (χ0v) is 12.1. The minimum Gasteiger partial charge on any atom is -0.480 e. The van der Waals surface area contributed by atoms with Crippen molar-refractivity contribution in [3.05, 3.63) is 22.4 Å². The monoisotopic (exact) mass is 285 g/mol. The number of carbonyl (C=O) groups excluding carboxylic acids is 1. The first kappa shape index (κ1) is 15.5. The lowest BCUT2D eigenvalue weighted by Gasteiger charge is -2.21. The molecule has 0 aliphatic carbocycles. The zero-order chi connectivity index (χ0) is 14.5. The van der Waals surface area contributed by atoms with Crippen LogP contribution in [0.3, 0.4) is 0 Å². The van der Waals surface area contributed by atoms with Crippen molar-refractivity contribution in [2.24, 2.45) is 0 Å². The van der Waals surface area contributed by atoms with Crippen molar-refractivity contribution in [1.29, 1.82) is 0 Å². The fraction of sp³-hybridized carbons (Fsp3) is 0.538. The number of thiophene rings is 1. The molecule has 106 valence electrons. The van der Waals surface area contributed by atoms with Crippen LogP contribution in [-0.2, 0) is 16.0 Å². The minimum atomic E-state index is -1.05. The molecule has 0 bridgehead atoms. The number of carboxylic acid groups (broad SMARTS) is 1. The fourth-order valence-corrected chi connectivity index (χ4v) is 2.16. The molecule has 0 aliphatic rings. The van der Waals surface area contributed by atoms with Crippen LogP contribution in [0.2, 0.25) is 0 Å². The molecule has 0 aliphatic heterocycles. The van der Waals surface area contributed by atoms with E-state index >= 15 is 0 Å². The van der Waals surface area contributed by atoms with E-state index in [1.54, 1.807) is 32.1 Å². The van der Waals surface area contributed by atoms with E-state index in [4.69, 9.17) is 9.84 Å². The first-order valence-corrected chi connectivity index (χ1v) is 6.95. The lowest BCUT2D eigenvalue weighted by molar-refractivity contribution is -0.139. The Morgan fingerprint density at radius 1 is 1.47 bits per heavy atom. The van der Waals surface area contributed by atoms with Gasteiger partial charge in [0.1, 0.15) is 11.6 Å². The second-order valence-electron chi connectivity index (χ2n) is 5.21. The van der Waals surface area contributed by atoms with Gasteiger partial charge in [0.25, 0.3) is 0 Å². The molecule has 1 amide bonds. The molecule has 6 heteroatoms. The van der Waals surface area contributed by atoms with Crippen LogP contribution in [-0.4, -0.2) is 28.8 Å². The molecule has 1 atom stereocenters. The van der Waals surface area contributed by atoms with Crippen molar-refractivity contribution in [3.8, 4) is 0 Å². The molecule has 0 spiro atoms. The summed E-state index contributed by atoms with van der Waals surface area (Å²) in [6, 6.07) is 1.01. The van der Waals surface area contributed by atoms with Crippen LogP contribution < -0.4 is 5.32 Å². The Bertz CT molecular complexity index is 422. The molecular formula is C13H19NO4S. The highest BCUT2D eigenvalue weighted by atomic mass is 32.1. The third-order valence-corrected chi connectivity index (χ3v) is 3.02. The number of aliphatic carboxylic acids is 1. The van der Waals surface area contributed by atoms with E-state index in [1.807, 2.05) is 16.8 Å². The summed E-state index contributed by atoms with van der Waals surface area (Å²) in [6.45, 7) is 5.19. The van der Waals surface area contributed by atoms with Gasteiger partial charge in [-0.2, -0.15) is 11.3 Å². The maximum absolute atomic E-state index is 11.5. The van der Waals surface area contributed by atoms with Gasteiger partial charge < -0.3 is 15.2 Å². The smallest absolute Gasteiger partial charge is 0.408 e. The molecule has 1 aromatic rings. The Labute approximate surface area is 116 Å². The number of nitrogens with one attached hydrogen (secondary N) is 1. The Balaban J connectivity index is 2.49. The van der Waals surface area contributed by atoms with Gasteiger partial charge >= 0.3 is 12.1 Å². The van der Waals surface area contributed by atoms with E-state index in [2.05, 4.69) is 5.32 Å². The molecular weight excluding hydrogens is 266 g/mol. The standard InChI is InChI=1S/C13H19NO4S/c1-13(2,3)18-12(17)14-10(11(15)16)5-4-9-6-7-19-8-9/h6-8,10H,4-5H2,1-3H3,(H,14,17)(H,15,16). The Morgan fingerprint density at radius 2 is 2.16 bits per heavy atom. The fourth-order valence-electron chi connectivity index (χ4n) is 1.45. The second kappa shape index (κ2) is 6.56. The maximum atomic E-state index is 11.5. The van der Waals surface area contributed by atoms with Crippen molar-refractivity contribution in [3.63, 3.8) is 0 Å². The first-order chi connectivity index (χ1) is 8.78. The summed E-state index contributed by atoms with van der Waals surface area (Å²) in [4.78, 5) is 22.6. The van der Waals surface area contributed by atoms with Crippen molar-refractivity contribution in [2.45, 2.75) is 45.3 Å². The van der Waals surface area contributed by atoms with Crippen LogP contribution in [0.1, 0.15) is 32.8 Å². The van der Waals surface area contributed by atoms with Gasteiger partial charge in [-0.05, 0) is 56.0 Å². The molecule has 0 fully saturated rings. The average molecular weight is 285 g/mol. The maximum Gasteiger partial charge on any atom is 0.408 e. The van der Waals surface area contributed by atoms with Gasteiger partial charge in [-0.15, -0.1) is 0 Å². The molecule has 0 saturated carbocycles. The lowest BCUT2D eigenvalue weighted by atomic mass is 10.1. The van der Waals surface area contributed by atoms with E-state index in [9.17, 15) is 9.59 Å². The molecule has 1 rings (SSSR count). The van der Waals surface area contributed by atoms with Crippen LogP contribution >= 0.6 is 11.3 Å². The Morgan fingerprint density at radius 3 is 2.63 bits per heavy atom. The van der Waals surface area contributed by atoms with Crippen LogP contribution in [0, 0.1) is 0 Å². The number of aryl methyl sites for hydroxylation is 1. The van der Waals surface area contributed by atoms with Crippen molar-refractivity contribution in [2.75, 3.05) is 0 Å². The van der Waals surface area contributed by atoms with Gasteiger partial charge in [-0.1, -0.05) is 0 Å². The van der Waals surface area contributed by atoms with E-state index in [0.29, 0.717) is 12.8 Å². The van der Waals surface area contributed by atoms with E-state index in [0.717, 1.165) is 5.56 Å². The molecule has 0 saturated heterocycles. The number of hydrogen-bond donors (Lipinski definition) is 2. The van der Waals surface area contributed by atoms with Crippen LogP contribution in [0.4, 0.5) is 4.79 Å². The third-order valence-electron chi connectivity index (χ3n) is 2.29. The molecule has 5 nitrogen and oxygen atoms in total. The SMILES string of the molecule is CC(C)(C)OC(=O)NC(CCc1ccsc1)C(=O)O. The first-order valence-electron chi connectivity index (χ1n) is 6.01. The highest BCUT2D eigenvalue weighted by molar-refractivity contribution is 7.07. The van der Waals surface area contributed by atoms with E-state index < -0.39 is 23.7 Å². The van der Waals surface area contributed by atoms with Gasteiger partial charge in [0, 0.05) is 0 Å². The third kappa shape index (κ3) is 6.24. The summed E-state index contributed by atoms with van der Waals surface area (Å²) in [7, 11) is 0. The summed E-state index contributed by atoms with van der Waals surface area (Å²) in [5, 5.41) is 15.4. The number of rotatable bonds is 5. The number of carboxylic acids is 1. The minimum absolute atomic E-state index is 0.339. The quantitative estimate of drug-likeness (QED) is 0.872.